The molecule has 0 aliphatic carbocycles. The number of hydrogen-bond donors (Lipinski definition) is 2. The van der Waals surface area contributed by atoms with Crippen molar-refractivity contribution in [1.29, 1.82) is 0 Å². The lowest BCUT2D eigenvalue weighted by atomic mass is 9.84. The molecule has 1 atom stereocenters. The monoisotopic (exact) mass is 499 g/mol. The molecule has 2 heterocycles. The van der Waals surface area contributed by atoms with Crippen LogP contribution in [-0.2, 0) is 13.1 Å². The summed E-state index contributed by atoms with van der Waals surface area (Å²) in [5.74, 6) is 1.55. The van der Waals surface area contributed by atoms with Crippen LogP contribution in [0.3, 0.4) is 0 Å². The van der Waals surface area contributed by atoms with Gasteiger partial charge in [0, 0.05) is 24.8 Å². The number of amides is 2. The first kappa shape index (κ1) is 26.2. The first-order valence-electron chi connectivity index (χ1n) is 12.8. The minimum absolute atomic E-state index is 0.166. The summed E-state index contributed by atoms with van der Waals surface area (Å²) >= 11 is 0. The maximum absolute atomic E-state index is 13.6. The van der Waals surface area contributed by atoms with Gasteiger partial charge in [-0.1, -0.05) is 81.4 Å². The molecule has 2 amide bonds. The molecular formula is C30H37N5O2. The molecule has 0 spiro atoms. The van der Waals surface area contributed by atoms with Crippen molar-refractivity contribution in [2.24, 2.45) is 11.1 Å². The fourth-order valence-corrected chi connectivity index (χ4v) is 4.58. The Morgan fingerprint density at radius 3 is 2.38 bits per heavy atom. The van der Waals surface area contributed by atoms with E-state index in [1.165, 1.54) is 5.56 Å². The summed E-state index contributed by atoms with van der Waals surface area (Å²) in [6, 6.07) is 23.7. The number of carbonyl (C=O) groups excluding carboxylic acids is 1. The van der Waals surface area contributed by atoms with Gasteiger partial charge in [-0.15, -0.1) is 0 Å². The van der Waals surface area contributed by atoms with Gasteiger partial charge in [0.1, 0.15) is 11.6 Å². The maximum atomic E-state index is 13.6. The highest BCUT2D eigenvalue weighted by Crippen LogP contribution is 2.39. The first-order chi connectivity index (χ1) is 17.9. The van der Waals surface area contributed by atoms with Gasteiger partial charge in [0.25, 0.3) is 0 Å². The van der Waals surface area contributed by atoms with E-state index in [9.17, 15) is 4.79 Å². The highest BCUT2D eigenvalue weighted by atomic mass is 16.3. The third-order valence-corrected chi connectivity index (χ3v) is 6.31. The molecule has 7 nitrogen and oxygen atoms in total. The third-order valence-electron chi connectivity index (χ3n) is 6.31. The van der Waals surface area contributed by atoms with E-state index in [4.69, 9.17) is 15.1 Å². The summed E-state index contributed by atoms with van der Waals surface area (Å²) in [5.41, 5.74) is 8.69. The lowest BCUT2D eigenvalue weighted by Gasteiger charge is -2.40. The molecule has 4 aromatic rings. The molecule has 194 valence electrons. The molecule has 0 saturated carbocycles. The molecule has 0 saturated heterocycles. The van der Waals surface area contributed by atoms with Crippen molar-refractivity contribution in [2.45, 2.75) is 46.3 Å². The number of benzene rings is 2. The van der Waals surface area contributed by atoms with Gasteiger partial charge >= 0.3 is 6.03 Å². The van der Waals surface area contributed by atoms with Crippen molar-refractivity contribution in [3.05, 3.63) is 102 Å². The number of urea groups is 1. The Hall–Kier alpha value is -3.84. The molecule has 3 N–H and O–H groups in total. The van der Waals surface area contributed by atoms with Gasteiger partial charge in [-0.2, -0.15) is 0 Å². The van der Waals surface area contributed by atoms with E-state index in [-0.39, 0.29) is 17.5 Å². The molecule has 0 aliphatic heterocycles. The van der Waals surface area contributed by atoms with Crippen LogP contribution in [0.15, 0.2) is 89.7 Å². The van der Waals surface area contributed by atoms with Gasteiger partial charge in [0.2, 0.25) is 0 Å². The lowest BCUT2D eigenvalue weighted by molar-refractivity contribution is 0.107. The normalized spacial score (nSPS) is 12.3. The highest BCUT2D eigenvalue weighted by Gasteiger charge is 2.38. The minimum Gasteiger partial charge on any atom is -0.467 e. The number of imidazole rings is 1. The largest absolute Gasteiger partial charge is 0.467 e. The smallest absolute Gasteiger partial charge is 0.318 e. The summed E-state index contributed by atoms with van der Waals surface area (Å²) in [6.07, 6.45) is 4.39. The van der Waals surface area contributed by atoms with Crippen LogP contribution >= 0.6 is 0 Å². The van der Waals surface area contributed by atoms with Crippen molar-refractivity contribution < 1.29 is 9.21 Å². The molecule has 4 rings (SSSR count). The van der Waals surface area contributed by atoms with Crippen LogP contribution in [0.25, 0.3) is 11.3 Å². The molecule has 2 aromatic carbocycles. The molecule has 0 aliphatic rings. The lowest BCUT2D eigenvalue weighted by Crippen LogP contribution is -2.47. The van der Waals surface area contributed by atoms with Gasteiger partial charge in [-0.25, -0.2) is 9.78 Å². The number of nitrogens with zero attached hydrogens (tertiary/aromatic N) is 3. The van der Waals surface area contributed by atoms with Crippen LogP contribution in [0.5, 0.6) is 0 Å². The summed E-state index contributed by atoms with van der Waals surface area (Å²) in [5, 5.41) is 3.04. The average Bonchev–Trinajstić information content (AvgIpc) is 3.56. The third kappa shape index (κ3) is 6.68. The number of carbonyl (C=O) groups is 1. The van der Waals surface area contributed by atoms with Crippen molar-refractivity contribution in [3.63, 3.8) is 0 Å². The van der Waals surface area contributed by atoms with Crippen molar-refractivity contribution >= 4 is 6.03 Å². The van der Waals surface area contributed by atoms with Gasteiger partial charge < -0.3 is 24.9 Å². The van der Waals surface area contributed by atoms with Gasteiger partial charge in [0.15, 0.2) is 0 Å². The first-order valence-corrected chi connectivity index (χ1v) is 12.8. The second-order valence-corrected chi connectivity index (χ2v) is 10.3. The van der Waals surface area contributed by atoms with Crippen molar-refractivity contribution in [3.8, 4) is 11.3 Å². The standard InChI is InChI=1S/C30H37N5O2/c1-30(2,3)27(35(18-11-17-31)29(36)32-20-25-16-10-19-37-25)28-33-26(24-14-8-5-9-15-24)22-34(28)21-23-12-6-4-7-13-23/h4-10,12-16,19,22,27H,11,17-18,20-21,31H2,1-3H3,(H,32,36). The summed E-state index contributed by atoms with van der Waals surface area (Å²) in [6.45, 7) is 8.43. The molecule has 0 radical (unpaired) electrons. The molecule has 7 heteroatoms. The Labute approximate surface area is 219 Å². The van der Waals surface area contributed by atoms with E-state index in [1.54, 1.807) is 6.26 Å². The van der Waals surface area contributed by atoms with Crippen molar-refractivity contribution in [1.82, 2.24) is 19.8 Å². The Bertz CT molecular complexity index is 1240. The second kappa shape index (κ2) is 11.9. The molecule has 0 fully saturated rings. The number of aromatic nitrogens is 2. The molecule has 0 bridgehead atoms. The van der Waals surface area contributed by atoms with Crippen LogP contribution in [0, 0.1) is 5.41 Å². The molecule has 1 unspecified atom stereocenters. The number of hydrogen-bond acceptors (Lipinski definition) is 4. The summed E-state index contributed by atoms with van der Waals surface area (Å²) in [7, 11) is 0. The van der Waals surface area contributed by atoms with Crippen LogP contribution in [0.4, 0.5) is 4.79 Å². The number of furan rings is 1. The molecule has 2 aromatic heterocycles. The van der Waals surface area contributed by atoms with Crippen LogP contribution < -0.4 is 11.1 Å². The predicted molar refractivity (Wildman–Crippen MR) is 147 cm³/mol. The summed E-state index contributed by atoms with van der Waals surface area (Å²) < 4.78 is 7.61. The second-order valence-electron chi connectivity index (χ2n) is 10.3. The fourth-order valence-electron chi connectivity index (χ4n) is 4.58. The van der Waals surface area contributed by atoms with Gasteiger partial charge in [-0.05, 0) is 36.1 Å². The van der Waals surface area contributed by atoms with Crippen molar-refractivity contribution in [2.75, 3.05) is 13.1 Å². The highest BCUT2D eigenvalue weighted by molar-refractivity contribution is 5.74. The van der Waals surface area contributed by atoms with Crippen LogP contribution in [0.1, 0.15) is 50.4 Å². The average molecular weight is 500 g/mol. The van der Waals surface area contributed by atoms with Gasteiger partial charge in [-0.3, -0.25) is 0 Å². The maximum Gasteiger partial charge on any atom is 0.318 e. The molecule has 37 heavy (non-hydrogen) atoms. The SMILES string of the molecule is CC(C)(C)C(c1nc(-c2ccccc2)cn1Cc1ccccc1)N(CCCN)C(=O)NCc1ccco1. The van der Waals surface area contributed by atoms with E-state index < -0.39 is 0 Å². The Balaban J connectivity index is 1.76. The van der Waals surface area contributed by atoms with E-state index in [1.807, 2.05) is 53.4 Å². The number of nitrogens with one attached hydrogen (secondary N) is 1. The summed E-state index contributed by atoms with van der Waals surface area (Å²) in [4.78, 5) is 20.7. The van der Waals surface area contributed by atoms with E-state index >= 15 is 0 Å². The number of rotatable bonds is 10. The quantitative estimate of drug-likeness (QED) is 0.287. The zero-order valence-corrected chi connectivity index (χ0v) is 21.9. The van der Waals surface area contributed by atoms with E-state index in [0.717, 1.165) is 17.1 Å². The zero-order valence-electron chi connectivity index (χ0n) is 21.9. The molecular weight excluding hydrogens is 462 g/mol. The number of nitrogens with two attached hydrogens (primary N) is 1. The predicted octanol–water partition coefficient (Wildman–Crippen LogP) is 5.84. The van der Waals surface area contributed by atoms with Gasteiger partial charge in [0.05, 0.1) is 24.5 Å². The van der Waals surface area contributed by atoms with Crippen LogP contribution in [0.2, 0.25) is 0 Å². The Kier molecular flexibility index (Phi) is 8.46. The Morgan fingerprint density at radius 1 is 1.05 bits per heavy atom. The van der Waals surface area contributed by atoms with E-state index in [2.05, 4.69) is 61.1 Å². The minimum atomic E-state index is -0.301. The van der Waals surface area contributed by atoms with E-state index in [0.29, 0.717) is 38.4 Å². The zero-order chi connectivity index (χ0) is 26.3. The van der Waals surface area contributed by atoms with Crippen LogP contribution in [-0.4, -0.2) is 33.6 Å². The Morgan fingerprint density at radius 2 is 1.76 bits per heavy atom. The topological polar surface area (TPSA) is 89.3 Å². The fraction of sp³-hybridized carbons (Fsp3) is 0.333.